The maximum Gasteiger partial charge on any atom is 0.165 e. The molecule has 3 nitrogen and oxygen atoms in total. The van der Waals surface area contributed by atoms with E-state index in [9.17, 15) is 4.39 Å². The van der Waals surface area contributed by atoms with E-state index in [1.807, 2.05) is 6.07 Å². The minimum atomic E-state index is -0.333. The fourth-order valence-electron chi connectivity index (χ4n) is 1.66. The number of hydrogen-bond acceptors (Lipinski definition) is 3. The Balaban J connectivity index is 2.60. The summed E-state index contributed by atoms with van der Waals surface area (Å²) in [4.78, 5) is 0. The van der Waals surface area contributed by atoms with Crippen LogP contribution in [0.5, 0.6) is 5.75 Å². The quantitative estimate of drug-likeness (QED) is 0.798. The lowest BCUT2D eigenvalue weighted by Gasteiger charge is -2.20. The molecule has 96 valence electrons. The number of nitrogens with two attached hydrogens (primary N) is 1. The molecular weight excluding hydrogens is 219 g/mol. The Morgan fingerprint density at radius 2 is 2.12 bits per heavy atom. The van der Waals surface area contributed by atoms with Gasteiger partial charge in [-0.3, -0.25) is 0 Å². The van der Waals surface area contributed by atoms with Crippen molar-refractivity contribution < 1.29 is 9.13 Å². The molecule has 0 aromatic heterocycles. The number of ether oxygens (including phenoxy) is 1. The molecule has 1 aromatic rings. The molecule has 3 N–H and O–H groups in total. The third kappa shape index (κ3) is 3.98. The molecule has 4 heteroatoms. The van der Waals surface area contributed by atoms with E-state index in [1.54, 1.807) is 6.07 Å². The predicted octanol–water partition coefficient (Wildman–Crippen LogP) is 1.91. The van der Waals surface area contributed by atoms with Crippen LogP contribution in [-0.2, 0) is 6.54 Å². The molecule has 0 aliphatic rings. The normalized spacial score (nSPS) is 12.8. The Morgan fingerprint density at radius 3 is 2.59 bits per heavy atom. The van der Waals surface area contributed by atoms with Crippen molar-refractivity contribution in [1.82, 2.24) is 5.32 Å². The Hall–Kier alpha value is -1.13. The van der Waals surface area contributed by atoms with Gasteiger partial charge in [-0.25, -0.2) is 4.39 Å². The topological polar surface area (TPSA) is 47.3 Å². The first-order chi connectivity index (χ1) is 8.08. The van der Waals surface area contributed by atoms with Gasteiger partial charge in [-0.1, -0.05) is 19.9 Å². The van der Waals surface area contributed by atoms with Gasteiger partial charge in [0.05, 0.1) is 7.11 Å². The number of benzene rings is 1. The van der Waals surface area contributed by atoms with Gasteiger partial charge in [0, 0.05) is 19.1 Å². The predicted molar refractivity (Wildman–Crippen MR) is 67.5 cm³/mol. The average Bonchev–Trinajstić information content (AvgIpc) is 2.29. The zero-order chi connectivity index (χ0) is 12.8. The monoisotopic (exact) mass is 240 g/mol. The van der Waals surface area contributed by atoms with Crippen LogP contribution in [0.15, 0.2) is 18.2 Å². The molecule has 0 aliphatic carbocycles. The van der Waals surface area contributed by atoms with E-state index in [2.05, 4.69) is 19.2 Å². The van der Waals surface area contributed by atoms with Crippen LogP contribution in [0.3, 0.4) is 0 Å². The van der Waals surface area contributed by atoms with Gasteiger partial charge >= 0.3 is 0 Å². The summed E-state index contributed by atoms with van der Waals surface area (Å²) in [6.07, 6.45) is 0. The molecule has 17 heavy (non-hydrogen) atoms. The molecule has 0 fully saturated rings. The van der Waals surface area contributed by atoms with Gasteiger partial charge in [0.25, 0.3) is 0 Å². The Morgan fingerprint density at radius 1 is 1.41 bits per heavy atom. The van der Waals surface area contributed by atoms with Crippen LogP contribution >= 0.6 is 0 Å². The van der Waals surface area contributed by atoms with E-state index in [-0.39, 0.29) is 17.6 Å². The minimum absolute atomic E-state index is 0.250. The lowest BCUT2D eigenvalue weighted by molar-refractivity contribution is 0.384. The van der Waals surface area contributed by atoms with Crippen LogP contribution in [-0.4, -0.2) is 19.7 Å². The van der Waals surface area contributed by atoms with E-state index >= 15 is 0 Å². The Labute approximate surface area is 102 Å². The summed E-state index contributed by atoms with van der Waals surface area (Å²) in [6.45, 7) is 5.41. The Kier molecular flexibility index (Phi) is 5.38. The van der Waals surface area contributed by atoms with E-state index in [0.717, 1.165) is 5.56 Å². The maximum absolute atomic E-state index is 13.4. The van der Waals surface area contributed by atoms with Crippen molar-refractivity contribution in [2.75, 3.05) is 13.7 Å². The summed E-state index contributed by atoms with van der Waals surface area (Å²) >= 11 is 0. The van der Waals surface area contributed by atoms with Crippen LogP contribution in [0.1, 0.15) is 19.4 Å². The fraction of sp³-hybridized carbons (Fsp3) is 0.538. The molecule has 0 aliphatic heterocycles. The third-order valence-corrected chi connectivity index (χ3v) is 2.84. The summed E-state index contributed by atoms with van der Waals surface area (Å²) in [7, 11) is 1.46. The lowest BCUT2D eigenvalue weighted by Crippen LogP contribution is -2.39. The van der Waals surface area contributed by atoms with Crippen molar-refractivity contribution >= 4 is 0 Å². The SMILES string of the molecule is COc1ccc(CNC(CN)C(C)C)cc1F. The molecule has 0 heterocycles. The summed E-state index contributed by atoms with van der Waals surface area (Å²) in [5, 5.41) is 3.32. The highest BCUT2D eigenvalue weighted by atomic mass is 19.1. The molecule has 0 saturated carbocycles. The average molecular weight is 240 g/mol. The van der Waals surface area contributed by atoms with E-state index in [4.69, 9.17) is 10.5 Å². The molecule has 0 radical (unpaired) electrons. The Bertz CT molecular complexity index is 355. The van der Waals surface area contributed by atoms with Crippen LogP contribution in [0.4, 0.5) is 4.39 Å². The summed E-state index contributed by atoms with van der Waals surface area (Å²) in [6, 6.07) is 5.22. The fourth-order valence-corrected chi connectivity index (χ4v) is 1.66. The molecule has 1 aromatic carbocycles. The molecule has 0 saturated heterocycles. The highest BCUT2D eigenvalue weighted by Gasteiger charge is 2.11. The lowest BCUT2D eigenvalue weighted by atomic mass is 10.0. The second kappa shape index (κ2) is 6.57. The van der Waals surface area contributed by atoms with Crippen LogP contribution in [0, 0.1) is 11.7 Å². The number of nitrogens with one attached hydrogen (secondary N) is 1. The largest absolute Gasteiger partial charge is 0.494 e. The van der Waals surface area contributed by atoms with Crippen LogP contribution in [0.2, 0.25) is 0 Å². The van der Waals surface area contributed by atoms with Gasteiger partial charge < -0.3 is 15.8 Å². The van der Waals surface area contributed by atoms with Gasteiger partial charge in [-0.15, -0.1) is 0 Å². The number of halogens is 1. The minimum Gasteiger partial charge on any atom is -0.494 e. The van der Waals surface area contributed by atoms with Crippen molar-refractivity contribution in [3.63, 3.8) is 0 Å². The number of methoxy groups -OCH3 is 1. The van der Waals surface area contributed by atoms with Crippen LogP contribution < -0.4 is 15.8 Å². The van der Waals surface area contributed by atoms with E-state index in [1.165, 1.54) is 13.2 Å². The van der Waals surface area contributed by atoms with Gasteiger partial charge in [0.15, 0.2) is 11.6 Å². The van der Waals surface area contributed by atoms with Gasteiger partial charge in [-0.2, -0.15) is 0 Å². The highest BCUT2D eigenvalue weighted by Crippen LogP contribution is 2.17. The highest BCUT2D eigenvalue weighted by molar-refractivity contribution is 5.29. The number of rotatable bonds is 6. The first-order valence-electron chi connectivity index (χ1n) is 5.84. The first-order valence-corrected chi connectivity index (χ1v) is 5.84. The van der Waals surface area contributed by atoms with Crippen molar-refractivity contribution in [2.24, 2.45) is 11.7 Å². The van der Waals surface area contributed by atoms with Crippen molar-refractivity contribution in [3.8, 4) is 5.75 Å². The molecule has 1 rings (SSSR count). The van der Waals surface area contributed by atoms with Crippen LogP contribution in [0.25, 0.3) is 0 Å². The molecule has 0 bridgehead atoms. The molecular formula is C13H21FN2O. The second-order valence-electron chi connectivity index (χ2n) is 4.44. The summed E-state index contributed by atoms with van der Waals surface area (Å²) in [5.41, 5.74) is 6.55. The third-order valence-electron chi connectivity index (χ3n) is 2.84. The molecule has 1 unspecified atom stereocenters. The van der Waals surface area contributed by atoms with E-state index < -0.39 is 0 Å². The van der Waals surface area contributed by atoms with Gasteiger partial charge in [-0.05, 0) is 23.6 Å². The summed E-state index contributed by atoms with van der Waals surface area (Å²) in [5.74, 6) is 0.400. The van der Waals surface area contributed by atoms with Gasteiger partial charge in [0.2, 0.25) is 0 Å². The maximum atomic E-state index is 13.4. The van der Waals surface area contributed by atoms with Crippen molar-refractivity contribution in [1.29, 1.82) is 0 Å². The standard InChI is InChI=1S/C13H21FN2O/c1-9(2)12(7-15)16-8-10-4-5-13(17-3)11(14)6-10/h4-6,9,12,16H,7-8,15H2,1-3H3. The second-order valence-corrected chi connectivity index (χ2v) is 4.44. The van der Waals surface area contributed by atoms with E-state index in [0.29, 0.717) is 19.0 Å². The number of hydrogen-bond donors (Lipinski definition) is 2. The summed E-state index contributed by atoms with van der Waals surface area (Å²) < 4.78 is 18.3. The van der Waals surface area contributed by atoms with Crippen molar-refractivity contribution in [2.45, 2.75) is 26.4 Å². The van der Waals surface area contributed by atoms with Gasteiger partial charge in [0.1, 0.15) is 0 Å². The molecule has 1 atom stereocenters. The molecule has 0 amide bonds. The smallest absolute Gasteiger partial charge is 0.165 e. The zero-order valence-corrected chi connectivity index (χ0v) is 10.7. The first kappa shape index (κ1) is 13.9. The zero-order valence-electron chi connectivity index (χ0n) is 10.7. The molecule has 0 spiro atoms. The van der Waals surface area contributed by atoms with Crippen molar-refractivity contribution in [3.05, 3.63) is 29.6 Å².